The first kappa shape index (κ1) is 18.1. The topological polar surface area (TPSA) is 72.7 Å². The lowest BCUT2D eigenvalue weighted by Crippen LogP contribution is -2.14. The molecule has 7 heteroatoms. The van der Waals surface area contributed by atoms with Gasteiger partial charge in [-0.2, -0.15) is 0 Å². The Labute approximate surface area is 157 Å². The fraction of sp³-hybridized carbons (Fsp3) is 0.263. The zero-order valence-corrected chi connectivity index (χ0v) is 15.8. The second kappa shape index (κ2) is 7.70. The van der Waals surface area contributed by atoms with E-state index in [1.54, 1.807) is 4.68 Å². The largest absolute Gasteiger partial charge is 0.325 e. The fourth-order valence-electron chi connectivity index (χ4n) is 2.40. The van der Waals surface area contributed by atoms with Gasteiger partial charge in [-0.05, 0) is 51.7 Å². The van der Waals surface area contributed by atoms with Crippen LogP contribution in [0.5, 0.6) is 0 Å². The summed E-state index contributed by atoms with van der Waals surface area (Å²) in [6, 6.07) is 15.8. The summed E-state index contributed by atoms with van der Waals surface area (Å²) in [4.78, 5) is 13.3. The third-order valence-electron chi connectivity index (χ3n) is 3.83. The zero-order valence-electron chi connectivity index (χ0n) is 15.0. The second-order valence-corrected chi connectivity index (χ2v) is 7.96. The number of tetrazole rings is 1. The maximum atomic E-state index is 12.2. The third-order valence-corrected chi connectivity index (χ3v) is 4.85. The number of hydrogen-bond donors (Lipinski definition) is 1. The molecule has 0 aliphatic heterocycles. The Kier molecular flexibility index (Phi) is 5.37. The van der Waals surface area contributed by atoms with Crippen molar-refractivity contribution in [2.45, 2.75) is 31.1 Å². The lowest BCUT2D eigenvalue weighted by atomic mass is 9.87. The lowest BCUT2D eigenvalue weighted by molar-refractivity contribution is -0.113. The highest BCUT2D eigenvalue weighted by Crippen LogP contribution is 2.25. The number of hydrogen-bond acceptors (Lipinski definition) is 5. The van der Waals surface area contributed by atoms with Crippen molar-refractivity contribution >= 4 is 23.4 Å². The molecule has 1 heterocycles. The predicted molar refractivity (Wildman–Crippen MR) is 104 cm³/mol. The van der Waals surface area contributed by atoms with Gasteiger partial charge in [0.2, 0.25) is 5.91 Å². The molecule has 0 atom stereocenters. The van der Waals surface area contributed by atoms with Gasteiger partial charge in [0.25, 0.3) is 0 Å². The summed E-state index contributed by atoms with van der Waals surface area (Å²) in [7, 11) is 0. The minimum atomic E-state index is -0.0521. The van der Waals surface area contributed by atoms with E-state index in [0.29, 0.717) is 11.4 Å². The molecule has 2 aromatic carbocycles. The van der Waals surface area contributed by atoms with E-state index >= 15 is 0 Å². The number of amides is 1. The van der Waals surface area contributed by atoms with Gasteiger partial charge in [0.15, 0.2) is 0 Å². The van der Waals surface area contributed by atoms with Gasteiger partial charge < -0.3 is 5.32 Å². The average molecular weight is 367 g/mol. The van der Waals surface area contributed by atoms with Crippen LogP contribution in [0.25, 0.3) is 5.69 Å². The molecule has 1 aromatic heterocycles. The summed E-state index contributed by atoms with van der Waals surface area (Å²) in [5, 5.41) is 14.0. The molecule has 0 aliphatic carbocycles. The van der Waals surface area contributed by atoms with E-state index in [-0.39, 0.29) is 11.3 Å². The van der Waals surface area contributed by atoms with E-state index in [2.05, 4.69) is 65.9 Å². The van der Waals surface area contributed by atoms with E-state index in [1.807, 2.05) is 24.3 Å². The van der Waals surface area contributed by atoms with E-state index in [9.17, 15) is 4.79 Å². The number of rotatable bonds is 5. The molecule has 0 spiro atoms. The summed E-state index contributed by atoms with van der Waals surface area (Å²) in [6.07, 6.45) is 1.51. The van der Waals surface area contributed by atoms with Crippen LogP contribution in [-0.4, -0.2) is 31.9 Å². The minimum absolute atomic E-state index is 0.0521. The number of benzene rings is 2. The molecule has 0 fully saturated rings. The molecule has 0 bridgehead atoms. The lowest BCUT2D eigenvalue weighted by Gasteiger charge is -2.19. The molecule has 0 unspecified atom stereocenters. The highest BCUT2D eigenvalue weighted by atomic mass is 32.2. The van der Waals surface area contributed by atoms with Gasteiger partial charge in [0, 0.05) is 10.6 Å². The van der Waals surface area contributed by atoms with E-state index in [1.165, 1.54) is 23.7 Å². The van der Waals surface area contributed by atoms with Crippen molar-refractivity contribution in [2.24, 2.45) is 0 Å². The van der Waals surface area contributed by atoms with Crippen LogP contribution in [0.1, 0.15) is 26.3 Å². The Hall–Kier alpha value is -2.67. The molecule has 0 saturated heterocycles. The van der Waals surface area contributed by atoms with Gasteiger partial charge in [0.1, 0.15) is 6.33 Å². The van der Waals surface area contributed by atoms with Crippen LogP contribution in [0.15, 0.2) is 59.8 Å². The SMILES string of the molecule is CC(C)(C)c1ccc(SCC(=O)Nc2cccc(-n3cnnn3)c2)cc1. The first-order valence-corrected chi connectivity index (χ1v) is 9.27. The number of anilines is 1. The molecular weight excluding hydrogens is 346 g/mol. The van der Waals surface area contributed by atoms with Crippen molar-refractivity contribution in [3.05, 3.63) is 60.4 Å². The standard InChI is InChI=1S/C19H21N5OS/c1-19(2,3)14-7-9-17(10-8-14)26-12-18(25)21-15-5-4-6-16(11-15)24-13-20-22-23-24/h4-11,13H,12H2,1-3H3,(H,21,25). The first-order valence-electron chi connectivity index (χ1n) is 8.28. The molecule has 6 nitrogen and oxygen atoms in total. The Morgan fingerprint density at radius 1 is 1.15 bits per heavy atom. The Morgan fingerprint density at radius 2 is 1.92 bits per heavy atom. The van der Waals surface area contributed by atoms with Gasteiger partial charge in [-0.3, -0.25) is 4.79 Å². The summed E-state index contributed by atoms with van der Waals surface area (Å²) >= 11 is 1.52. The molecule has 26 heavy (non-hydrogen) atoms. The van der Waals surface area contributed by atoms with E-state index in [0.717, 1.165) is 10.6 Å². The third kappa shape index (κ3) is 4.70. The van der Waals surface area contributed by atoms with E-state index in [4.69, 9.17) is 0 Å². The zero-order chi connectivity index (χ0) is 18.6. The van der Waals surface area contributed by atoms with Crippen LogP contribution >= 0.6 is 11.8 Å². The second-order valence-electron chi connectivity index (χ2n) is 6.92. The van der Waals surface area contributed by atoms with Crippen molar-refractivity contribution in [2.75, 3.05) is 11.1 Å². The summed E-state index contributed by atoms with van der Waals surface area (Å²) in [6.45, 7) is 6.56. The number of carbonyl (C=O) groups excluding carboxylic acids is 1. The maximum absolute atomic E-state index is 12.2. The van der Waals surface area contributed by atoms with Gasteiger partial charge in [-0.25, -0.2) is 4.68 Å². The molecule has 3 aromatic rings. The van der Waals surface area contributed by atoms with Crippen LogP contribution in [0.4, 0.5) is 5.69 Å². The number of aromatic nitrogens is 4. The van der Waals surface area contributed by atoms with Crippen LogP contribution in [0.3, 0.4) is 0 Å². The van der Waals surface area contributed by atoms with Crippen molar-refractivity contribution in [3.8, 4) is 5.69 Å². The smallest absolute Gasteiger partial charge is 0.234 e. The van der Waals surface area contributed by atoms with Crippen molar-refractivity contribution in [1.82, 2.24) is 20.2 Å². The van der Waals surface area contributed by atoms with Crippen molar-refractivity contribution in [3.63, 3.8) is 0 Å². The predicted octanol–water partition coefficient (Wildman–Crippen LogP) is 3.69. The number of carbonyl (C=O) groups is 1. The molecule has 0 radical (unpaired) electrons. The monoisotopic (exact) mass is 367 g/mol. The average Bonchev–Trinajstić information content (AvgIpc) is 3.14. The summed E-state index contributed by atoms with van der Waals surface area (Å²) in [5.74, 6) is 0.299. The molecular formula is C19H21N5OS. The van der Waals surface area contributed by atoms with Gasteiger partial charge in [-0.15, -0.1) is 16.9 Å². The number of nitrogens with one attached hydrogen (secondary N) is 1. The van der Waals surface area contributed by atoms with Crippen molar-refractivity contribution < 1.29 is 4.79 Å². The van der Waals surface area contributed by atoms with Gasteiger partial charge in [-0.1, -0.05) is 39.0 Å². The molecule has 1 amide bonds. The van der Waals surface area contributed by atoms with Crippen molar-refractivity contribution in [1.29, 1.82) is 0 Å². The van der Waals surface area contributed by atoms with Crippen LogP contribution < -0.4 is 5.32 Å². The minimum Gasteiger partial charge on any atom is -0.325 e. The Balaban J connectivity index is 1.57. The number of nitrogens with zero attached hydrogens (tertiary/aromatic N) is 4. The normalized spacial score (nSPS) is 11.3. The highest BCUT2D eigenvalue weighted by molar-refractivity contribution is 8.00. The molecule has 0 aliphatic rings. The van der Waals surface area contributed by atoms with Crippen LogP contribution in [-0.2, 0) is 10.2 Å². The Bertz CT molecular complexity index is 870. The number of thioether (sulfide) groups is 1. The quantitative estimate of drug-likeness (QED) is 0.696. The molecule has 134 valence electrons. The Morgan fingerprint density at radius 3 is 2.58 bits per heavy atom. The summed E-state index contributed by atoms with van der Waals surface area (Å²) in [5.41, 5.74) is 2.92. The van der Waals surface area contributed by atoms with Crippen LogP contribution in [0.2, 0.25) is 0 Å². The maximum Gasteiger partial charge on any atom is 0.234 e. The van der Waals surface area contributed by atoms with Gasteiger partial charge >= 0.3 is 0 Å². The van der Waals surface area contributed by atoms with Gasteiger partial charge in [0.05, 0.1) is 11.4 Å². The fourth-order valence-corrected chi connectivity index (χ4v) is 3.10. The molecule has 0 saturated carbocycles. The summed E-state index contributed by atoms with van der Waals surface area (Å²) < 4.78 is 1.54. The molecule has 3 rings (SSSR count). The highest BCUT2D eigenvalue weighted by Gasteiger charge is 2.13. The van der Waals surface area contributed by atoms with E-state index < -0.39 is 0 Å². The van der Waals surface area contributed by atoms with Crippen LogP contribution in [0, 0.1) is 0 Å². The first-order chi connectivity index (χ1) is 12.4. The molecule has 1 N–H and O–H groups in total.